The Kier molecular flexibility index (Phi) is 18.9. The van der Waals surface area contributed by atoms with Gasteiger partial charge < -0.3 is 18.3 Å². The average molecular weight is 1850 g/mol. The van der Waals surface area contributed by atoms with E-state index in [2.05, 4.69) is 439 Å². The first-order chi connectivity index (χ1) is 72.0. The van der Waals surface area contributed by atoms with Crippen molar-refractivity contribution in [3.8, 4) is 85.8 Å². The van der Waals surface area contributed by atoms with Crippen LogP contribution in [0.2, 0.25) is 0 Å². The third kappa shape index (κ3) is 13.1. The Morgan fingerprint density at radius 3 is 0.848 bits per heavy atom. The number of fused-ring (bicyclic) bond motifs is 29. The Morgan fingerprint density at radius 1 is 0.152 bits per heavy atom. The van der Waals surface area contributed by atoms with Crippen molar-refractivity contribution in [3.63, 3.8) is 0 Å². The molecule has 676 valence electrons. The Hall–Kier alpha value is -20.0. The van der Waals surface area contributed by atoms with Gasteiger partial charge in [-0.1, -0.05) is 334 Å². The van der Waals surface area contributed by atoms with Gasteiger partial charge in [-0.25, -0.2) is 29.9 Å². The molecule has 0 saturated heterocycles. The summed E-state index contributed by atoms with van der Waals surface area (Å²) in [6, 6.07) is 163. The number of para-hydroxylation sites is 13. The van der Waals surface area contributed by atoms with Gasteiger partial charge in [0.15, 0.2) is 17.5 Å². The van der Waals surface area contributed by atoms with Gasteiger partial charge in [-0.3, -0.25) is 28.7 Å². The van der Waals surface area contributed by atoms with E-state index >= 15 is 0 Å². The second-order valence-electron chi connectivity index (χ2n) is 36.7. The molecule has 0 N–H and O–H groups in total. The van der Waals surface area contributed by atoms with Crippen LogP contribution in [0.4, 0.5) is 0 Å². The number of rotatable bonds is 11. The fraction of sp³-hybridized carbons (Fsp3) is 0. The van der Waals surface area contributed by atoms with Gasteiger partial charge in [0, 0.05) is 155 Å². The van der Waals surface area contributed by atoms with Crippen molar-refractivity contribution in [1.29, 1.82) is 0 Å². The van der Waals surface area contributed by atoms with Gasteiger partial charge in [0.25, 0.3) is 0 Å². The van der Waals surface area contributed by atoms with E-state index < -0.39 is 0 Å². The predicted octanol–water partition coefficient (Wildman–Crippen LogP) is 31.4. The van der Waals surface area contributed by atoms with Crippen LogP contribution in [0.15, 0.2) is 486 Å². The van der Waals surface area contributed by atoms with Crippen LogP contribution in [0.25, 0.3) is 271 Å². The van der Waals surface area contributed by atoms with Crippen LogP contribution in [0.5, 0.6) is 0 Å². The summed E-state index contributed by atoms with van der Waals surface area (Å²) in [5.41, 5.74) is 29.2. The summed E-state index contributed by atoms with van der Waals surface area (Å²) >= 11 is 0. The highest BCUT2D eigenvalue weighted by Gasteiger charge is 2.29. The van der Waals surface area contributed by atoms with Gasteiger partial charge in [-0.2, -0.15) is 0 Å². The van der Waals surface area contributed by atoms with Gasteiger partial charge >= 0.3 is 0 Å². The lowest BCUT2D eigenvalue weighted by Gasteiger charge is -2.14. The fourth-order valence-electron chi connectivity index (χ4n) is 22.4. The summed E-state index contributed by atoms with van der Waals surface area (Å²) in [6.07, 6.45) is 6.14. The van der Waals surface area contributed by atoms with E-state index in [1.807, 2.05) is 79.0 Å². The monoisotopic (exact) mass is 1850 g/mol. The third-order valence-corrected chi connectivity index (χ3v) is 28.6. The molecule has 0 amide bonds. The number of nitrogens with zero attached hydrogens (tertiary/aromatic N) is 16. The number of hydrogen-bond donors (Lipinski definition) is 0. The lowest BCUT2D eigenvalue weighted by molar-refractivity contribution is 0.957. The van der Waals surface area contributed by atoms with Gasteiger partial charge in [0.1, 0.15) is 0 Å². The zero-order valence-electron chi connectivity index (χ0n) is 77.8. The van der Waals surface area contributed by atoms with Crippen LogP contribution in [0.3, 0.4) is 0 Å². The predicted molar refractivity (Wildman–Crippen MR) is 594 cm³/mol. The first-order valence-corrected chi connectivity index (χ1v) is 48.7. The molecular weight excluding hydrogens is 1770 g/mol. The van der Waals surface area contributed by atoms with Crippen molar-refractivity contribution >= 4 is 185 Å². The molecule has 0 aliphatic rings. The van der Waals surface area contributed by atoms with Gasteiger partial charge in [0.05, 0.1) is 105 Å². The quantitative estimate of drug-likeness (QED) is 0.123. The Balaban J connectivity index is 0.000000104. The van der Waals surface area contributed by atoms with Crippen molar-refractivity contribution in [2.24, 2.45) is 0 Å². The second-order valence-corrected chi connectivity index (χ2v) is 36.7. The molecule has 0 radical (unpaired) electrons. The maximum atomic E-state index is 5.31. The van der Waals surface area contributed by atoms with E-state index in [1.54, 1.807) is 0 Å². The molecule has 16 heteroatoms. The molecule has 16 nitrogen and oxygen atoms in total. The molecule has 0 aliphatic heterocycles. The maximum Gasteiger partial charge on any atom is 0.235 e. The van der Waals surface area contributed by atoms with E-state index in [0.29, 0.717) is 23.4 Å². The van der Waals surface area contributed by atoms with E-state index in [4.69, 9.17) is 44.9 Å². The largest absolute Gasteiger partial charge is 0.308 e. The van der Waals surface area contributed by atoms with Crippen molar-refractivity contribution in [2.45, 2.75) is 0 Å². The molecule has 0 saturated carbocycles. The lowest BCUT2D eigenvalue weighted by atomic mass is 10.1. The Bertz CT molecular complexity index is 10600. The summed E-state index contributed by atoms with van der Waals surface area (Å²) in [5, 5.41) is 18.1. The van der Waals surface area contributed by atoms with Crippen LogP contribution in [0.1, 0.15) is 0 Å². The highest BCUT2D eigenvalue weighted by molar-refractivity contribution is 6.29. The van der Waals surface area contributed by atoms with Gasteiger partial charge in [0.2, 0.25) is 11.9 Å². The maximum absolute atomic E-state index is 5.31. The first kappa shape index (κ1) is 82.1. The molecule has 0 fully saturated rings. The topological polar surface area (TPSA) is 151 Å². The Labute approximate surface area is 828 Å². The molecule has 0 unspecified atom stereocenters. The normalized spacial score (nSPS) is 11.9. The standard InChI is InChI=1S/C48H30N6.C41H25N5.C40H25N5/c1-4-15-31(16-5-1)46-50-47(32-17-6-2-7-18-32)52-48(51-46)33-19-14-22-35(29-33)54-42-26-13-11-24-37(42)40-30-49-43-39(44(40)54)28-27-38-36-23-10-12-25-41(36)53(45(38)43)34-20-8-3-9-21-34;1-3-13-26(14-4-1)37-31-19-7-10-20-34(31)43-41(44-37)46-36-22-12-9-18-29(36)33-25-42-38-32(39(33)46)24-23-30-28-17-8-11-21-35(28)45(40(30)38)27-15-5-2-6-16-27;1-3-13-26(14-4-1)43-34-20-10-7-17-28(34)30-23-24-31-37(39(30)43)41-25-32-29-18-8-11-21-35(29)45(38(31)32)40-42-33-19-9-12-22-36(33)44(40)27-15-5-2-6-16-27/h1-30H;1-25H;1-25H. The van der Waals surface area contributed by atoms with Crippen molar-refractivity contribution in [2.75, 3.05) is 0 Å². The minimum Gasteiger partial charge on any atom is -0.308 e. The van der Waals surface area contributed by atoms with E-state index in [1.165, 1.54) is 37.8 Å². The molecule has 0 atom stereocenters. The summed E-state index contributed by atoms with van der Waals surface area (Å²) in [4.78, 5) is 46.5. The highest BCUT2D eigenvalue weighted by Crippen LogP contribution is 2.48. The molecule has 145 heavy (non-hydrogen) atoms. The molecule has 31 aromatic rings. The molecule has 12 aromatic heterocycles. The minimum atomic E-state index is 0.617. The van der Waals surface area contributed by atoms with E-state index in [0.717, 1.165) is 210 Å². The number of pyridine rings is 3. The SMILES string of the molecule is c1ccc(-c2nc(-c3ccccc3)nc(-c3cccc(-n4c5ccccc5c5cnc6c(ccc7c8ccccc8n(-c8ccccc8)c76)c54)c3)n2)cc1.c1ccc(-c2nc(-n3c4ccccc4c4cnc5c(ccc6c7ccccc7n(-c7ccccc7)c65)c43)nc3ccccc23)cc1.c1ccc(-n2c(-n3c4ccccc4c4cnc5c(ccc6c7ccccc7n(-c7ccccc7)c65)c43)nc3ccccc32)cc1. The van der Waals surface area contributed by atoms with Crippen LogP contribution in [0, 0.1) is 0 Å². The number of imidazole rings is 1. The first-order valence-electron chi connectivity index (χ1n) is 48.7. The number of aromatic nitrogens is 16. The van der Waals surface area contributed by atoms with Crippen LogP contribution in [-0.2, 0) is 0 Å². The summed E-state index contributed by atoms with van der Waals surface area (Å²) < 4.78 is 16.3. The zero-order chi connectivity index (χ0) is 95.3. The molecule has 0 spiro atoms. The molecule has 19 aromatic carbocycles. The fourth-order valence-corrected chi connectivity index (χ4v) is 22.4. The van der Waals surface area contributed by atoms with Crippen LogP contribution >= 0.6 is 0 Å². The number of benzene rings is 19. The van der Waals surface area contributed by atoms with Crippen molar-refractivity contribution in [1.82, 2.24) is 76.8 Å². The summed E-state index contributed by atoms with van der Waals surface area (Å²) in [6.45, 7) is 0. The van der Waals surface area contributed by atoms with Crippen molar-refractivity contribution in [3.05, 3.63) is 486 Å². The second kappa shape index (κ2) is 33.4. The average Bonchev–Trinajstić information content (AvgIpc) is 1.56. The van der Waals surface area contributed by atoms with Crippen LogP contribution < -0.4 is 0 Å². The van der Waals surface area contributed by atoms with E-state index in [9.17, 15) is 0 Å². The lowest BCUT2D eigenvalue weighted by Crippen LogP contribution is -2.05. The third-order valence-electron chi connectivity index (χ3n) is 28.6. The molecule has 0 bridgehead atoms. The molecule has 0 aliphatic carbocycles. The van der Waals surface area contributed by atoms with Crippen LogP contribution in [-0.4, -0.2) is 76.8 Å². The summed E-state index contributed by atoms with van der Waals surface area (Å²) in [5.74, 6) is 3.38. The molecule has 12 heterocycles. The smallest absolute Gasteiger partial charge is 0.235 e. The Morgan fingerprint density at radius 2 is 0.434 bits per heavy atom. The molecular formula is C129H80N16. The van der Waals surface area contributed by atoms with Crippen molar-refractivity contribution < 1.29 is 0 Å². The number of hydrogen-bond acceptors (Lipinski definition) is 9. The van der Waals surface area contributed by atoms with Gasteiger partial charge in [-0.05, 0) is 133 Å². The highest BCUT2D eigenvalue weighted by atomic mass is 15.3. The van der Waals surface area contributed by atoms with Gasteiger partial charge in [-0.15, -0.1) is 0 Å². The van der Waals surface area contributed by atoms with E-state index in [-0.39, 0.29) is 0 Å². The summed E-state index contributed by atoms with van der Waals surface area (Å²) in [7, 11) is 0. The zero-order valence-corrected chi connectivity index (χ0v) is 77.8. The minimum absolute atomic E-state index is 0.617. The molecule has 31 rings (SSSR count).